The first-order valence-corrected chi connectivity index (χ1v) is 7.70. The van der Waals surface area contributed by atoms with Crippen molar-refractivity contribution in [3.63, 3.8) is 0 Å². The molecule has 9 heteroatoms. The smallest absolute Gasteiger partial charge is 0.375 e. The molecule has 0 N–H and O–H groups in total. The highest BCUT2D eigenvalue weighted by molar-refractivity contribution is 6.37. The molecule has 1 aliphatic rings. The van der Waals surface area contributed by atoms with Gasteiger partial charge in [-0.3, -0.25) is 14.4 Å². The Morgan fingerprint density at radius 1 is 1.04 bits per heavy atom. The number of esters is 3. The summed E-state index contributed by atoms with van der Waals surface area (Å²) in [4.78, 5) is 49.0. The van der Waals surface area contributed by atoms with Gasteiger partial charge >= 0.3 is 17.9 Å². The second-order valence-electron chi connectivity index (χ2n) is 5.20. The normalized spacial score (nSPS) is 13.1. The third-order valence-corrected chi connectivity index (χ3v) is 3.76. The van der Waals surface area contributed by atoms with Gasteiger partial charge in [0.1, 0.15) is 0 Å². The number of fused-ring (bicyclic) bond motifs is 1. The molecule has 0 fully saturated rings. The minimum absolute atomic E-state index is 0.00723. The fraction of sp³-hybridized carbons (Fsp3) is 0.412. The minimum atomic E-state index is -1.68. The van der Waals surface area contributed by atoms with Gasteiger partial charge in [-0.2, -0.15) is 0 Å². The van der Waals surface area contributed by atoms with Gasteiger partial charge < -0.3 is 23.7 Å². The molecule has 2 rings (SSSR count). The van der Waals surface area contributed by atoms with Gasteiger partial charge in [0, 0.05) is 0 Å². The van der Waals surface area contributed by atoms with Crippen LogP contribution in [0.1, 0.15) is 18.4 Å². The Bertz CT molecular complexity index is 709. The third kappa shape index (κ3) is 3.76. The Kier molecular flexibility index (Phi) is 6.16. The van der Waals surface area contributed by atoms with Crippen molar-refractivity contribution in [1.29, 1.82) is 0 Å². The molecule has 140 valence electrons. The van der Waals surface area contributed by atoms with Crippen LogP contribution in [0.4, 0.5) is 0 Å². The maximum atomic E-state index is 12.7. The topological polar surface area (TPSA) is 114 Å². The SMILES string of the molecule is CCOC(=O)C(=O)C(c1ccc2c(c1)OCO2)C(C(=O)OC)C(=O)OC. The molecule has 1 atom stereocenters. The van der Waals surface area contributed by atoms with Crippen molar-refractivity contribution < 1.29 is 42.9 Å². The molecule has 1 heterocycles. The van der Waals surface area contributed by atoms with Gasteiger partial charge in [-0.15, -0.1) is 0 Å². The number of carbonyl (C=O) groups excluding carboxylic acids is 4. The van der Waals surface area contributed by atoms with E-state index in [-0.39, 0.29) is 19.0 Å². The molecule has 0 saturated heterocycles. The Balaban J connectivity index is 2.53. The average molecular weight is 366 g/mol. The molecule has 0 radical (unpaired) electrons. The van der Waals surface area contributed by atoms with E-state index in [9.17, 15) is 19.2 Å². The van der Waals surface area contributed by atoms with E-state index in [1.165, 1.54) is 25.1 Å². The van der Waals surface area contributed by atoms with Crippen molar-refractivity contribution in [3.8, 4) is 11.5 Å². The lowest BCUT2D eigenvalue weighted by atomic mass is 9.82. The fourth-order valence-electron chi connectivity index (χ4n) is 2.55. The van der Waals surface area contributed by atoms with E-state index in [1.54, 1.807) is 0 Å². The van der Waals surface area contributed by atoms with Crippen LogP contribution in [0.3, 0.4) is 0 Å². The van der Waals surface area contributed by atoms with E-state index in [4.69, 9.17) is 14.2 Å². The largest absolute Gasteiger partial charge is 0.468 e. The highest BCUT2D eigenvalue weighted by atomic mass is 16.7. The first-order valence-electron chi connectivity index (χ1n) is 7.70. The first kappa shape index (κ1) is 19.2. The molecule has 1 aromatic rings. The summed E-state index contributed by atoms with van der Waals surface area (Å²) in [5.74, 6) is -6.71. The summed E-state index contributed by atoms with van der Waals surface area (Å²) in [5.41, 5.74) is 0.188. The van der Waals surface area contributed by atoms with E-state index < -0.39 is 35.5 Å². The maximum absolute atomic E-state index is 12.7. The molecular formula is C17H18O9. The Labute approximate surface area is 149 Å². The van der Waals surface area contributed by atoms with Crippen LogP contribution >= 0.6 is 0 Å². The van der Waals surface area contributed by atoms with Crippen molar-refractivity contribution in [2.45, 2.75) is 12.8 Å². The summed E-state index contributed by atoms with van der Waals surface area (Å²) >= 11 is 0. The highest BCUT2D eigenvalue weighted by Gasteiger charge is 2.45. The lowest BCUT2D eigenvalue weighted by molar-refractivity contribution is -0.164. The van der Waals surface area contributed by atoms with E-state index in [1.807, 2.05) is 0 Å². The quantitative estimate of drug-likeness (QED) is 0.296. The van der Waals surface area contributed by atoms with E-state index in [0.29, 0.717) is 11.5 Å². The van der Waals surface area contributed by atoms with Crippen LogP contribution in [0, 0.1) is 5.92 Å². The maximum Gasteiger partial charge on any atom is 0.375 e. The lowest BCUT2D eigenvalue weighted by Crippen LogP contribution is -2.39. The van der Waals surface area contributed by atoms with Crippen molar-refractivity contribution in [3.05, 3.63) is 23.8 Å². The lowest BCUT2D eigenvalue weighted by Gasteiger charge is -2.22. The molecule has 0 spiro atoms. The number of hydrogen-bond donors (Lipinski definition) is 0. The van der Waals surface area contributed by atoms with Gasteiger partial charge in [-0.05, 0) is 24.6 Å². The minimum Gasteiger partial charge on any atom is -0.468 e. The number of hydrogen-bond acceptors (Lipinski definition) is 9. The zero-order valence-electron chi connectivity index (χ0n) is 14.5. The summed E-state index contributed by atoms with van der Waals surface area (Å²) in [6.07, 6.45) is 0. The van der Waals surface area contributed by atoms with E-state index in [0.717, 1.165) is 14.2 Å². The number of Topliss-reactive ketones (excluding diaryl/α,β-unsaturated/α-hetero) is 1. The molecule has 0 saturated carbocycles. The summed E-state index contributed by atoms with van der Waals surface area (Å²) in [6.45, 7) is 1.48. The third-order valence-electron chi connectivity index (χ3n) is 3.76. The summed E-state index contributed by atoms with van der Waals surface area (Å²) < 4.78 is 24.4. The van der Waals surface area contributed by atoms with Crippen molar-refractivity contribution in [2.24, 2.45) is 5.92 Å². The fourth-order valence-corrected chi connectivity index (χ4v) is 2.55. The number of ketones is 1. The molecule has 1 aromatic carbocycles. The molecule has 26 heavy (non-hydrogen) atoms. The van der Waals surface area contributed by atoms with Gasteiger partial charge in [0.15, 0.2) is 17.4 Å². The van der Waals surface area contributed by atoms with Gasteiger partial charge in [-0.25, -0.2) is 4.79 Å². The van der Waals surface area contributed by atoms with Crippen molar-refractivity contribution >= 4 is 23.7 Å². The summed E-state index contributed by atoms with van der Waals surface area (Å²) in [7, 11) is 2.12. The molecule has 1 unspecified atom stereocenters. The molecule has 9 nitrogen and oxygen atoms in total. The van der Waals surface area contributed by atoms with Gasteiger partial charge in [0.05, 0.1) is 26.7 Å². The predicted octanol–water partition coefficient (Wildman–Crippen LogP) is 0.593. The monoisotopic (exact) mass is 366 g/mol. The Hall–Kier alpha value is -3.10. The van der Waals surface area contributed by atoms with Crippen LogP contribution < -0.4 is 9.47 Å². The molecule has 1 aliphatic heterocycles. The number of benzene rings is 1. The molecule has 0 aromatic heterocycles. The van der Waals surface area contributed by atoms with Crippen LogP contribution in [-0.4, -0.2) is 51.3 Å². The first-order chi connectivity index (χ1) is 12.4. The van der Waals surface area contributed by atoms with Crippen LogP contribution in [0.2, 0.25) is 0 Å². The van der Waals surface area contributed by atoms with Crippen molar-refractivity contribution in [2.75, 3.05) is 27.6 Å². The standard InChI is InChI=1S/C17H18O9/c1-4-24-17(21)14(18)12(13(15(19)22-2)16(20)23-3)9-5-6-10-11(7-9)26-8-25-10/h5-7,12-13H,4,8H2,1-3H3. The van der Waals surface area contributed by atoms with E-state index in [2.05, 4.69) is 9.47 Å². The zero-order chi connectivity index (χ0) is 19.3. The van der Waals surface area contributed by atoms with Crippen LogP contribution in [0.25, 0.3) is 0 Å². The number of methoxy groups -OCH3 is 2. The second kappa shape index (κ2) is 8.32. The van der Waals surface area contributed by atoms with Crippen LogP contribution in [-0.2, 0) is 33.4 Å². The molecule has 0 amide bonds. The second-order valence-corrected chi connectivity index (χ2v) is 5.20. The van der Waals surface area contributed by atoms with E-state index >= 15 is 0 Å². The molecular weight excluding hydrogens is 348 g/mol. The number of carbonyl (C=O) groups is 4. The van der Waals surface area contributed by atoms with Gasteiger partial charge in [0.25, 0.3) is 0 Å². The predicted molar refractivity (Wildman–Crippen MR) is 84.5 cm³/mol. The Morgan fingerprint density at radius 2 is 1.65 bits per heavy atom. The molecule has 0 aliphatic carbocycles. The zero-order valence-corrected chi connectivity index (χ0v) is 14.5. The number of rotatable bonds is 7. The number of ether oxygens (including phenoxy) is 5. The van der Waals surface area contributed by atoms with Crippen LogP contribution in [0.15, 0.2) is 18.2 Å². The summed E-state index contributed by atoms with van der Waals surface area (Å²) in [6, 6.07) is 4.38. The van der Waals surface area contributed by atoms with Crippen LogP contribution in [0.5, 0.6) is 11.5 Å². The van der Waals surface area contributed by atoms with Gasteiger partial charge in [0.2, 0.25) is 12.6 Å². The van der Waals surface area contributed by atoms with Gasteiger partial charge in [-0.1, -0.05) is 6.07 Å². The summed E-state index contributed by atoms with van der Waals surface area (Å²) in [5, 5.41) is 0. The highest BCUT2D eigenvalue weighted by Crippen LogP contribution is 2.37. The van der Waals surface area contributed by atoms with Crippen molar-refractivity contribution in [1.82, 2.24) is 0 Å². The average Bonchev–Trinajstić information content (AvgIpc) is 3.12. The molecule has 0 bridgehead atoms. The Morgan fingerprint density at radius 3 is 2.23 bits per heavy atom.